The number of hydrogen-bond acceptors (Lipinski definition) is 5. The normalized spacial score (nSPS) is 12.5. The van der Waals surface area contributed by atoms with Crippen molar-refractivity contribution in [1.29, 1.82) is 0 Å². The van der Waals surface area contributed by atoms with Gasteiger partial charge in [0.1, 0.15) is 11.8 Å². The Morgan fingerprint density at radius 3 is 2.58 bits per heavy atom. The van der Waals surface area contributed by atoms with E-state index in [4.69, 9.17) is 21.1 Å². The van der Waals surface area contributed by atoms with Crippen LogP contribution in [0.1, 0.15) is 13.3 Å². The number of amides is 1. The topological polar surface area (TPSA) is 84.9 Å². The first kappa shape index (κ1) is 20.5. The molecular weight excluding hydrogens is 356 g/mol. The Hall–Kier alpha value is -1.51. The van der Waals surface area contributed by atoms with E-state index < -0.39 is 22.0 Å². The molecule has 0 heterocycles. The summed E-state index contributed by atoms with van der Waals surface area (Å²) in [6.45, 7) is 2.40. The Morgan fingerprint density at radius 1 is 1.38 bits per heavy atom. The van der Waals surface area contributed by atoms with Gasteiger partial charge in [-0.05, 0) is 31.5 Å². The predicted octanol–water partition coefficient (Wildman–Crippen LogP) is 1.66. The average Bonchev–Trinajstić information content (AvgIpc) is 2.50. The van der Waals surface area contributed by atoms with Gasteiger partial charge in [0.25, 0.3) is 0 Å². The second-order valence-electron chi connectivity index (χ2n) is 5.19. The van der Waals surface area contributed by atoms with Crippen molar-refractivity contribution in [2.45, 2.75) is 19.4 Å². The average molecular weight is 379 g/mol. The molecular formula is C15H23ClN2O5S. The van der Waals surface area contributed by atoms with Crippen molar-refractivity contribution in [3.05, 3.63) is 23.2 Å². The van der Waals surface area contributed by atoms with Crippen molar-refractivity contribution < 1.29 is 22.7 Å². The molecule has 0 unspecified atom stereocenters. The third-order valence-electron chi connectivity index (χ3n) is 3.29. The summed E-state index contributed by atoms with van der Waals surface area (Å²) >= 11 is 5.98. The number of hydrogen-bond donors (Lipinski definition) is 1. The summed E-state index contributed by atoms with van der Waals surface area (Å²) in [5.41, 5.74) is 0.215. The van der Waals surface area contributed by atoms with Crippen LogP contribution < -0.4 is 14.4 Å². The summed E-state index contributed by atoms with van der Waals surface area (Å²) in [6, 6.07) is 3.63. The Labute approximate surface area is 147 Å². The number of benzene rings is 1. The molecule has 0 radical (unpaired) electrons. The number of carbonyl (C=O) groups excluding carboxylic acids is 1. The largest absolute Gasteiger partial charge is 0.495 e. The van der Waals surface area contributed by atoms with Gasteiger partial charge in [0, 0.05) is 25.3 Å². The van der Waals surface area contributed by atoms with Crippen LogP contribution in [0.5, 0.6) is 5.75 Å². The molecule has 0 aliphatic carbocycles. The van der Waals surface area contributed by atoms with E-state index in [0.717, 1.165) is 10.6 Å². The highest BCUT2D eigenvalue weighted by Crippen LogP contribution is 2.34. The van der Waals surface area contributed by atoms with Gasteiger partial charge < -0.3 is 14.8 Å². The summed E-state index contributed by atoms with van der Waals surface area (Å²) in [7, 11) is -0.748. The zero-order valence-corrected chi connectivity index (χ0v) is 15.8. The first-order valence-corrected chi connectivity index (χ1v) is 9.54. The SMILES string of the molecule is COCCCNC(=O)[C@H](C)N(c1cc(Cl)ccc1OC)S(C)(=O)=O. The number of rotatable bonds is 9. The molecule has 0 aliphatic heterocycles. The molecule has 1 amide bonds. The van der Waals surface area contributed by atoms with Gasteiger partial charge in [-0.15, -0.1) is 0 Å². The molecule has 0 fully saturated rings. The lowest BCUT2D eigenvalue weighted by atomic mass is 10.2. The number of nitrogens with one attached hydrogen (secondary N) is 1. The van der Waals surface area contributed by atoms with E-state index in [1.807, 2.05) is 0 Å². The van der Waals surface area contributed by atoms with E-state index in [9.17, 15) is 13.2 Å². The predicted molar refractivity (Wildman–Crippen MR) is 94.3 cm³/mol. The summed E-state index contributed by atoms with van der Waals surface area (Å²) in [6.07, 6.45) is 1.66. The van der Waals surface area contributed by atoms with Gasteiger partial charge in [-0.25, -0.2) is 8.42 Å². The zero-order valence-electron chi connectivity index (χ0n) is 14.2. The Kier molecular flexibility index (Phi) is 7.78. The third-order valence-corrected chi connectivity index (χ3v) is 4.75. The highest BCUT2D eigenvalue weighted by Gasteiger charge is 2.31. The molecule has 136 valence electrons. The molecule has 1 aromatic rings. The number of nitrogens with zero attached hydrogens (tertiary/aromatic N) is 1. The van der Waals surface area contributed by atoms with Crippen LogP contribution in [0.2, 0.25) is 5.02 Å². The second kappa shape index (κ2) is 9.10. The Bertz CT molecular complexity index is 666. The third kappa shape index (κ3) is 5.54. The molecule has 0 bridgehead atoms. The smallest absolute Gasteiger partial charge is 0.243 e. The zero-order chi connectivity index (χ0) is 18.3. The molecule has 1 rings (SSSR count). The Balaban J connectivity index is 3.11. The summed E-state index contributed by atoms with van der Waals surface area (Å²) in [5, 5.41) is 3.03. The van der Waals surface area contributed by atoms with Crippen LogP contribution in [0.3, 0.4) is 0 Å². The lowest BCUT2D eigenvalue weighted by molar-refractivity contribution is -0.121. The molecule has 0 saturated heterocycles. The van der Waals surface area contributed by atoms with Crippen molar-refractivity contribution in [3.8, 4) is 5.75 Å². The monoisotopic (exact) mass is 378 g/mol. The fraction of sp³-hybridized carbons (Fsp3) is 0.533. The van der Waals surface area contributed by atoms with E-state index in [1.54, 1.807) is 19.2 Å². The number of sulfonamides is 1. The molecule has 1 atom stereocenters. The molecule has 24 heavy (non-hydrogen) atoms. The van der Waals surface area contributed by atoms with Crippen molar-refractivity contribution in [2.75, 3.05) is 37.9 Å². The summed E-state index contributed by atoms with van der Waals surface area (Å²) in [4.78, 5) is 12.3. The van der Waals surface area contributed by atoms with Crippen molar-refractivity contribution in [2.24, 2.45) is 0 Å². The molecule has 9 heteroatoms. The maximum Gasteiger partial charge on any atom is 0.243 e. The highest BCUT2D eigenvalue weighted by atomic mass is 35.5. The van der Waals surface area contributed by atoms with Crippen LogP contribution >= 0.6 is 11.6 Å². The molecule has 1 aromatic carbocycles. The van der Waals surface area contributed by atoms with Crippen LogP contribution in [0.25, 0.3) is 0 Å². The highest BCUT2D eigenvalue weighted by molar-refractivity contribution is 7.92. The van der Waals surface area contributed by atoms with E-state index in [0.29, 0.717) is 30.3 Å². The minimum Gasteiger partial charge on any atom is -0.495 e. The van der Waals surface area contributed by atoms with Crippen molar-refractivity contribution in [1.82, 2.24) is 5.32 Å². The van der Waals surface area contributed by atoms with Crippen LogP contribution in [-0.4, -0.2) is 54.0 Å². The number of ether oxygens (including phenoxy) is 2. The lowest BCUT2D eigenvalue weighted by Gasteiger charge is -2.29. The molecule has 1 N–H and O–H groups in total. The van der Waals surface area contributed by atoms with Gasteiger partial charge in [0.05, 0.1) is 19.1 Å². The summed E-state index contributed by atoms with van der Waals surface area (Å²) < 4.78 is 35.6. The van der Waals surface area contributed by atoms with Crippen LogP contribution in [0, 0.1) is 0 Å². The fourth-order valence-electron chi connectivity index (χ4n) is 2.19. The number of halogens is 1. The number of anilines is 1. The number of methoxy groups -OCH3 is 2. The van der Waals surface area contributed by atoms with Crippen LogP contribution in [-0.2, 0) is 19.6 Å². The van der Waals surface area contributed by atoms with Gasteiger partial charge in [-0.2, -0.15) is 0 Å². The summed E-state index contributed by atoms with van der Waals surface area (Å²) in [5.74, 6) is -0.109. The van der Waals surface area contributed by atoms with Crippen LogP contribution in [0.15, 0.2) is 18.2 Å². The maximum atomic E-state index is 12.3. The quantitative estimate of drug-likeness (QED) is 0.660. The van der Waals surface area contributed by atoms with Crippen molar-refractivity contribution >= 4 is 33.2 Å². The van der Waals surface area contributed by atoms with E-state index in [1.165, 1.54) is 20.1 Å². The van der Waals surface area contributed by atoms with Crippen molar-refractivity contribution in [3.63, 3.8) is 0 Å². The standard InChI is InChI=1S/C15H23ClN2O5S/c1-11(15(19)17-8-5-9-22-2)18(24(4,20)21)13-10-12(16)6-7-14(13)23-3/h6-7,10-11H,5,8-9H2,1-4H3,(H,17,19)/t11-/m0/s1. The van der Waals surface area contributed by atoms with Crippen LogP contribution in [0.4, 0.5) is 5.69 Å². The lowest BCUT2D eigenvalue weighted by Crippen LogP contribution is -2.48. The van der Waals surface area contributed by atoms with E-state index in [-0.39, 0.29) is 5.69 Å². The molecule has 0 aliphatic rings. The minimum absolute atomic E-state index is 0.215. The minimum atomic E-state index is -3.74. The molecule has 7 nitrogen and oxygen atoms in total. The van der Waals surface area contributed by atoms with Gasteiger partial charge in [-0.1, -0.05) is 11.6 Å². The first-order chi connectivity index (χ1) is 11.2. The molecule has 0 saturated carbocycles. The van der Waals surface area contributed by atoms with Gasteiger partial charge in [0.2, 0.25) is 15.9 Å². The molecule has 0 aromatic heterocycles. The Morgan fingerprint density at radius 2 is 2.04 bits per heavy atom. The maximum absolute atomic E-state index is 12.3. The van der Waals surface area contributed by atoms with E-state index in [2.05, 4.69) is 5.32 Å². The van der Waals surface area contributed by atoms with Gasteiger partial charge in [0.15, 0.2) is 0 Å². The fourth-order valence-corrected chi connectivity index (χ4v) is 3.53. The van der Waals surface area contributed by atoms with E-state index >= 15 is 0 Å². The number of carbonyl (C=O) groups is 1. The van der Waals surface area contributed by atoms with Gasteiger partial charge >= 0.3 is 0 Å². The first-order valence-electron chi connectivity index (χ1n) is 7.32. The van der Waals surface area contributed by atoms with Gasteiger partial charge in [-0.3, -0.25) is 9.10 Å². The second-order valence-corrected chi connectivity index (χ2v) is 7.48. The molecule has 0 spiro atoms.